The van der Waals surface area contributed by atoms with Crippen LogP contribution in [0.15, 0.2) is 52.4 Å². The van der Waals surface area contributed by atoms with Crippen LogP contribution in [0.1, 0.15) is 36.2 Å². The monoisotopic (exact) mass is 499 g/mol. The number of benzene rings is 2. The van der Waals surface area contributed by atoms with E-state index in [9.17, 15) is 23.6 Å². The Bertz CT molecular complexity index is 1300. The van der Waals surface area contributed by atoms with Gasteiger partial charge in [-0.2, -0.15) is 0 Å². The molecule has 0 fully saturated rings. The topological polar surface area (TPSA) is 107 Å². The van der Waals surface area contributed by atoms with Crippen LogP contribution in [0.5, 0.6) is 0 Å². The number of ether oxygens (including phenoxy) is 1. The highest BCUT2D eigenvalue weighted by molar-refractivity contribution is 7.99. The van der Waals surface area contributed by atoms with Gasteiger partial charge in [0.2, 0.25) is 0 Å². The molecular weight excluding hydrogens is 473 g/mol. The van der Waals surface area contributed by atoms with Gasteiger partial charge in [0.25, 0.3) is 11.5 Å². The number of rotatable bonds is 10. The van der Waals surface area contributed by atoms with Gasteiger partial charge in [-0.3, -0.25) is 23.7 Å². The third-order valence-electron chi connectivity index (χ3n) is 5.03. The van der Waals surface area contributed by atoms with Crippen molar-refractivity contribution >= 4 is 40.3 Å². The number of thioether (sulfide) groups is 1. The van der Waals surface area contributed by atoms with Gasteiger partial charge in [-0.1, -0.05) is 37.7 Å². The van der Waals surface area contributed by atoms with Crippen LogP contribution in [0.4, 0.5) is 4.39 Å². The van der Waals surface area contributed by atoms with E-state index in [1.807, 2.05) is 13.8 Å². The van der Waals surface area contributed by atoms with Crippen molar-refractivity contribution in [3.8, 4) is 0 Å². The number of ketones is 1. The maximum Gasteiger partial charge on any atom is 0.313 e. The normalized spacial score (nSPS) is 11.0. The molecule has 0 aliphatic carbocycles. The molecule has 10 heteroatoms. The Morgan fingerprint density at radius 1 is 1.14 bits per heavy atom. The predicted octanol–water partition coefficient (Wildman–Crippen LogP) is 3.35. The summed E-state index contributed by atoms with van der Waals surface area (Å²) in [5.41, 5.74) is 1.11. The van der Waals surface area contributed by atoms with Crippen molar-refractivity contribution in [3.05, 3.63) is 69.8 Å². The van der Waals surface area contributed by atoms with Gasteiger partial charge in [0.1, 0.15) is 12.2 Å². The lowest BCUT2D eigenvalue weighted by Gasteiger charge is -2.15. The summed E-state index contributed by atoms with van der Waals surface area (Å²) >= 11 is 1.06. The highest BCUT2D eigenvalue weighted by Crippen LogP contribution is 2.20. The third-order valence-corrected chi connectivity index (χ3v) is 6.06. The number of carbonyl (C=O) groups excluding carboxylic acids is 3. The van der Waals surface area contributed by atoms with Crippen LogP contribution in [0.2, 0.25) is 0 Å². The fraction of sp³-hybridized carbons (Fsp3) is 0.320. The Kier molecular flexibility index (Phi) is 8.75. The van der Waals surface area contributed by atoms with Crippen molar-refractivity contribution in [1.82, 2.24) is 14.9 Å². The smallest absolute Gasteiger partial charge is 0.313 e. The Morgan fingerprint density at radius 3 is 2.51 bits per heavy atom. The second-order valence-corrected chi connectivity index (χ2v) is 9.27. The molecule has 1 heterocycles. The van der Waals surface area contributed by atoms with Gasteiger partial charge in [0.15, 0.2) is 10.9 Å². The van der Waals surface area contributed by atoms with Crippen LogP contribution < -0.4 is 10.9 Å². The number of methoxy groups -OCH3 is 1. The molecule has 8 nitrogen and oxygen atoms in total. The summed E-state index contributed by atoms with van der Waals surface area (Å²) in [7, 11) is 1.21. The molecular formula is C25H26FN3O5S. The lowest BCUT2D eigenvalue weighted by molar-refractivity contribution is -0.142. The van der Waals surface area contributed by atoms with E-state index in [1.165, 1.54) is 29.9 Å². The van der Waals surface area contributed by atoms with E-state index < -0.39 is 5.97 Å². The summed E-state index contributed by atoms with van der Waals surface area (Å²) in [5.74, 6) is -1.60. The van der Waals surface area contributed by atoms with Crippen molar-refractivity contribution in [2.24, 2.45) is 5.92 Å². The van der Waals surface area contributed by atoms with Crippen molar-refractivity contribution in [3.63, 3.8) is 0 Å². The molecule has 1 aromatic heterocycles. The van der Waals surface area contributed by atoms with E-state index in [0.717, 1.165) is 17.3 Å². The lowest BCUT2D eigenvalue weighted by Crippen LogP contribution is -2.26. The van der Waals surface area contributed by atoms with Crippen molar-refractivity contribution < 1.29 is 23.5 Å². The van der Waals surface area contributed by atoms with Crippen LogP contribution in [-0.2, 0) is 27.4 Å². The third kappa shape index (κ3) is 6.98. The number of aromatic nitrogens is 2. The van der Waals surface area contributed by atoms with E-state index in [1.54, 1.807) is 24.3 Å². The van der Waals surface area contributed by atoms with Gasteiger partial charge in [0, 0.05) is 18.7 Å². The first-order valence-electron chi connectivity index (χ1n) is 11.0. The number of Topliss-reactive ketones (excluding diaryl/α,β-unsaturated/α-hetero) is 1. The Balaban J connectivity index is 1.86. The summed E-state index contributed by atoms with van der Waals surface area (Å²) in [6.07, 6.45) is -0.357. The summed E-state index contributed by atoms with van der Waals surface area (Å²) < 4.78 is 19.1. The lowest BCUT2D eigenvalue weighted by atomic mass is 10.1. The molecule has 0 spiro atoms. The number of hydrogen-bond acceptors (Lipinski definition) is 7. The molecule has 2 aromatic carbocycles. The first kappa shape index (κ1) is 26.1. The molecule has 0 saturated carbocycles. The number of hydrogen-bond donors (Lipinski definition) is 1. The van der Waals surface area contributed by atoms with E-state index >= 15 is 0 Å². The van der Waals surface area contributed by atoms with Crippen LogP contribution in [0.25, 0.3) is 10.9 Å². The quantitative estimate of drug-likeness (QED) is 0.197. The number of halogens is 1. The zero-order chi connectivity index (χ0) is 25.5. The van der Waals surface area contributed by atoms with Gasteiger partial charge in [0.05, 0.1) is 23.8 Å². The molecule has 0 radical (unpaired) electrons. The second-order valence-electron chi connectivity index (χ2n) is 8.33. The molecule has 1 amide bonds. The summed E-state index contributed by atoms with van der Waals surface area (Å²) in [6, 6.07) is 10.4. The Labute approximate surface area is 205 Å². The number of amides is 1. The number of esters is 1. The molecule has 3 rings (SSSR count). The highest BCUT2D eigenvalue weighted by Gasteiger charge is 2.17. The van der Waals surface area contributed by atoms with E-state index in [-0.39, 0.29) is 47.7 Å². The van der Waals surface area contributed by atoms with E-state index in [4.69, 9.17) is 0 Å². The number of fused-ring (bicyclic) bond motifs is 1. The van der Waals surface area contributed by atoms with Gasteiger partial charge in [-0.25, -0.2) is 9.37 Å². The maximum absolute atomic E-state index is 13.2. The van der Waals surface area contributed by atoms with Crippen LogP contribution in [0, 0.1) is 11.7 Å². The average molecular weight is 500 g/mol. The molecule has 35 heavy (non-hydrogen) atoms. The number of carbonyl (C=O) groups is 3. The minimum absolute atomic E-state index is 0.0526. The Morgan fingerprint density at radius 2 is 1.86 bits per heavy atom. The highest BCUT2D eigenvalue weighted by atomic mass is 32.2. The molecule has 0 saturated heterocycles. The van der Waals surface area contributed by atoms with Gasteiger partial charge in [-0.15, -0.1) is 0 Å². The molecule has 0 atom stereocenters. The second kappa shape index (κ2) is 11.7. The van der Waals surface area contributed by atoms with Gasteiger partial charge >= 0.3 is 5.97 Å². The zero-order valence-electron chi connectivity index (χ0n) is 19.7. The number of nitrogens with zero attached hydrogens (tertiary/aromatic N) is 2. The van der Waals surface area contributed by atoms with Gasteiger partial charge < -0.3 is 10.1 Å². The van der Waals surface area contributed by atoms with Crippen LogP contribution in [-0.4, -0.2) is 40.1 Å². The van der Waals surface area contributed by atoms with Crippen molar-refractivity contribution in [1.29, 1.82) is 0 Å². The van der Waals surface area contributed by atoms with Crippen LogP contribution in [0.3, 0.4) is 0 Å². The number of nitrogens with one attached hydrogen (secondary N) is 1. The molecule has 0 aliphatic rings. The van der Waals surface area contributed by atoms with Crippen LogP contribution >= 0.6 is 11.8 Å². The minimum atomic E-state index is -0.627. The standard InChI is InChI=1S/C25H26FN3O5S/c1-15(2)13-29-24(33)20-9-6-17(23(32)27-12-16-4-7-18(26)8-5-16)10-21(20)28-25(29)35-14-19(30)11-22(31)34-3/h4-10,15H,11-14H2,1-3H3,(H,27,32). The van der Waals surface area contributed by atoms with Gasteiger partial charge in [-0.05, 0) is 41.8 Å². The first-order chi connectivity index (χ1) is 16.7. The largest absolute Gasteiger partial charge is 0.469 e. The zero-order valence-corrected chi connectivity index (χ0v) is 20.5. The summed E-state index contributed by atoms with van der Waals surface area (Å²) in [4.78, 5) is 53.9. The SMILES string of the molecule is COC(=O)CC(=O)CSc1nc2cc(C(=O)NCc3ccc(F)cc3)ccc2c(=O)n1CC(C)C. The fourth-order valence-electron chi connectivity index (χ4n) is 3.29. The fourth-order valence-corrected chi connectivity index (χ4v) is 4.16. The maximum atomic E-state index is 13.2. The Hall–Kier alpha value is -3.53. The van der Waals surface area contributed by atoms with Crippen molar-refractivity contribution in [2.45, 2.75) is 38.5 Å². The first-order valence-corrected chi connectivity index (χ1v) is 11.9. The molecule has 0 bridgehead atoms. The molecule has 1 N–H and O–H groups in total. The molecule has 0 aliphatic heterocycles. The predicted molar refractivity (Wildman–Crippen MR) is 131 cm³/mol. The summed E-state index contributed by atoms with van der Waals surface area (Å²) in [5, 5.41) is 3.45. The molecule has 3 aromatic rings. The minimum Gasteiger partial charge on any atom is -0.469 e. The summed E-state index contributed by atoms with van der Waals surface area (Å²) in [6.45, 7) is 4.53. The van der Waals surface area contributed by atoms with Crippen molar-refractivity contribution in [2.75, 3.05) is 12.9 Å². The van der Waals surface area contributed by atoms with E-state index in [2.05, 4.69) is 15.0 Å². The van der Waals surface area contributed by atoms with E-state index in [0.29, 0.717) is 28.2 Å². The molecule has 0 unspecified atom stereocenters. The average Bonchev–Trinajstić information content (AvgIpc) is 2.83. The molecule has 184 valence electrons.